The molecule has 2 heterocycles. The molecule has 0 radical (unpaired) electrons. The minimum absolute atomic E-state index is 0.0300. The van der Waals surface area contributed by atoms with Gasteiger partial charge in [0.05, 0.1) is 6.54 Å². The van der Waals surface area contributed by atoms with Crippen LogP contribution in [0.15, 0.2) is 45.4 Å². The Balaban J connectivity index is 1.53. The summed E-state index contributed by atoms with van der Waals surface area (Å²) in [5.41, 5.74) is 4.18. The van der Waals surface area contributed by atoms with E-state index in [4.69, 9.17) is 0 Å². The number of thioether (sulfide) groups is 1. The van der Waals surface area contributed by atoms with Gasteiger partial charge >= 0.3 is 0 Å². The standard InChI is InChI=1S/C18H18N2OS3/c1-12-7-8-22-16(12)9-19-17(21)15-5-3-14(4-6-15)11-24-18-20-13(2)10-23-18/h3-8,10H,9,11H2,1-2H3,(H,19,21). The lowest BCUT2D eigenvalue weighted by Gasteiger charge is -2.06. The molecule has 1 aromatic carbocycles. The van der Waals surface area contributed by atoms with Gasteiger partial charge in [0.15, 0.2) is 0 Å². The number of aromatic nitrogens is 1. The van der Waals surface area contributed by atoms with Gasteiger partial charge in [-0.05, 0) is 48.6 Å². The second-order valence-corrected chi connectivity index (χ2v) is 8.53. The number of thiophene rings is 1. The van der Waals surface area contributed by atoms with Crippen molar-refractivity contribution in [2.75, 3.05) is 0 Å². The van der Waals surface area contributed by atoms with Gasteiger partial charge in [-0.2, -0.15) is 0 Å². The van der Waals surface area contributed by atoms with Crippen LogP contribution in [0.5, 0.6) is 0 Å². The lowest BCUT2D eigenvalue weighted by Crippen LogP contribution is -2.22. The fourth-order valence-electron chi connectivity index (χ4n) is 2.14. The molecule has 0 saturated carbocycles. The van der Waals surface area contributed by atoms with Gasteiger partial charge in [-0.1, -0.05) is 23.9 Å². The minimum atomic E-state index is -0.0300. The van der Waals surface area contributed by atoms with Crippen LogP contribution < -0.4 is 5.32 Å². The van der Waals surface area contributed by atoms with E-state index < -0.39 is 0 Å². The quantitative estimate of drug-likeness (QED) is 0.614. The maximum atomic E-state index is 12.2. The number of hydrogen-bond acceptors (Lipinski definition) is 5. The van der Waals surface area contributed by atoms with Crippen LogP contribution in [0.2, 0.25) is 0 Å². The van der Waals surface area contributed by atoms with Gasteiger partial charge < -0.3 is 5.32 Å². The third-order valence-electron chi connectivity index (χ3n) is 3.55. The predicted octanol–water partition coefficient (Wildman–Crippen LogP) is 5.04. The molecule has 0 saturated heterocycles. The molecule has 0 aliphatic rings. The Morgan fingerprint density at radius 1 is 1.17 bits per heavy atom. The van der Waals surface area contributed by atoms with Gasteiger partial charge in [-0.15, -0.1) is 22.7 Å². The van der Waals surface area contributed by atoms with Crippen molar-refractivity contribution in [3.63, 3.8) is 0 Å². The molecule has 3 aromatic rings. The Morgan fingerprint density at radius 2 is 1.96 bits per heavy atom. The van der Waals surface area contributed by atoms with E-state index in [-0.39, 0.29) is 5.91 Å². The van der Waals surface area contributed by atoms with Crippen LogP contribution in [0.25, 0.3) is 0 Å². The second kappa shape index (κ2) is 7.96. The van der Waals surface area contributed by atoms with E-state index in [1.807, 2.05) is 36.6 Å². The van der Waals surface area contributed by atoms with E-state index in [0.29, 0.717) is 12.1 Å². The summed E-state index contributed by atoms with van der Waals surface area (Å²) < 4.78 is 1.08. The molecular weight excluding hydrogens is 356 g/mol. The number of carbonyl (C=O) groups is 1. The zero-order chi connectivity index (χ0) is 16.9. The third kappa shape index (κ3) is 4.47. The smallest absolute Gasteiger partial charge is 0.251 e. The van der Waals surface area contributed by atoms with Crippen LogP contribution in [0.3, 0.4) is 0 Å². The number of thiazole rings is 1. The first-order chi connectivity index (χ1) is 11.6. The van der Waals surface area contributed by atoms with E-state index >= 15 is 0 Å². The number of hydrogen-bond donors (Lipinski definition) is 1. The molecule has 124 valence electrons. The van der Waals surface area contributed by atoms with E-state index in [0.717, 1.165) is 15.8 Å². The first-order valence-corrected chi connectivity index (χ1v) is 10.3. The van der Waals surface area contributed by atoms with Gasteiger partial charge in [0.2, 0.25) is 0 Å². The molecule has 0 unspecified atom stereocenters. The number of rotatable bonds is 6. The average Bonchev–Trinajstić information content (AvgIpc) is 3.19. The summed E-state index contributed by atoms with van der Waals surface area (Å²) in [5, 5.41) is 7.09. The van der Waals surface area contributed by atoms with E-state index in [2.05, 4.69) is 28.7 Å². The van der Waals surface area contributed by atoms with Crippen LogP contribution in [0.1, 0.15) is 32.1 Å². The summed E-state index contributed by atoms with van der Waals surface area (Å²) in [6.45, 7) is 4.66. The highest BCUT2D eigenvalue weighted by atomic mass is 32.2. The Morgan fingerprint density at radius 3 is 2.58 bits per heavy atom. The fraction of sp³-hybridized carbons (Fsp3) is 0.222. The fourth-order valence-corrected chi connectivity index (χ4v) is 4.79. The molecular formula is C18H18N2OS3. The molecule has 3 rings (SSSR count). The first-order valence-electron chi connectivity index (χ1n) is 7.57. The Bertz CT molecular complexity index is 821. The molecule has 24 heavy (non-hydrogen) atoms. The highest BCUT2D eigenvalue weighted by molar-refractivity contribution is 8.00. The van der Waals surface area contributed by atoms with Crippen molar-refractivity contribution in [1.29, 1.82) is 0 Å². The van der Waals surface area contributed by atoms with Crippen molar-refractivity contribution >= 4 is 40.3 Å². The molecule has 0 bridgehead atoms. The van der Waals surface area contributed by atoms with Crippen molar-refractivity contribution < 1.29 is 4.79 Å². The zero-order valence-corrected chi connectivity index (χ0v) is 16.0. The molecule has 0 aliphatic heterocycles. The predicted molar refractivity (Wildman–Crippen MR) is 103 cm³/mol. The van der Waals surface area contributed by atoms with E-state index in [9.17, 15) is 4.79 Å². The summed E-state index contributed by atoms with van der Waals surface area (Å²) in [5.74, 6) is 0.834. The highest BCUT2D eigenvalue weighted by Crippen LogP contribution is 2.26. The van der Waals surface area contributed by atoms with Gasteiger partial charge in [0.25, 0.3) is 5.91 Å². The number of nitrogens with zero attached hydrogens (tertiary/aromatic N) is 1. The van der Waals surface area contributed by atoms with Crippen LogP contribution in [0, 0.1) is 13.8 Å². The molecule has 3 nitrogen and oxygen atoms in total. The lowest BCUT2D eigenvalue weighted by molar-refractivity contribution is 0.0951. The zero-order valence-electron chi connectivity index (χ0n) is 13.5. The van der Waals surface area contributed by atoms with Crippen molar-refractivity contribution in [3.05, 3.63) is 68.4 Å². The van der Waals surface area contributed by atoms with Gasteiger partial charge in [0, 0.05) is 27.3 Å². The summed E-state index contributed by atoms with van der Waals surface area (Å²) in [6.07, 6.45) is 0. The molecule has 0 atom stereocenters. The maximum Gasteiger partial charge on any atom is 0.251 e. The van der Waals surface area contributed by atoms with Crippen LogP contribution in [-0.4, -0.2) is 10.9 Å². The SMILES string of the molecule is Cc1csc(SCc2ccc(C(=O)NCc3sccc3C)cc2)n1. The number of nitrogens with one attached hydrogen (secondary N) is 1. The van der Waals surface area contributed by atoms with Crippen LogP contribution in [-0.2, 0) is 12.3 Å². The minimum Gasteiger partial charge on any atom is -0.347 e. The Labute approximate surface area is 154 Å². The summed E-state index contributed by atoms with van der Waals surface area (Å²) >= 11 is 5.07. The lowest BCUT2D eigenvalue weighted by atomic mass is 10.1. The van der Waals surface area contributed by atoms with Crippen molar-refractivity contribution in [2.45, 2.75) is 30.5 Å². The van der Waals surface area contributed by atoms with Crippen LogP contribution in [0.4, 0.5) is 0 Å². The number of amides is 1. The van der Waals surface area contributed by atoms with Gasteiger partial charge in [-0.25, -0.2) is 4.98 Å². The normalized spacial score (nSPS) is 10.8. The molecule has 0 fully saturated rings. The number of aryl methyl sites for hydroxylation is 2. The van der Waals surface area contributed by atoms with E-state index in [1.165, 1.54) is 16.0 Å². The number of carbonyl (C=O) groups excluding carboxylic acids is 1. The summed E-state index contributed by atoms with van der Waals surface area (Å²) in [7, 11) is 0. The van der Waals surface area contributed by atoms with Crippen molar-refractivity contribution in [1.82, 2.24) is 10.3 Å². The highest BCUT2D eigenvalue weighted by Gasteiger charge is 2.07. The molecule has 1 N–H and O–H groups in total. The van der Waals surface area contributed by atoms with Crippen LogP contribution >= 0.6 is 34.4 Å². The summed E-state index contributed by atoms with van der Waals surface area (Å²) in [6, 6.07) is 9.87. The monoisotopic (exact) mass is 374 g/mol. The summed E-state index contributed by atoms with van der Waals surface area (Å²) in [4.78, 5) is 17.9. The Hall–Kier alpha value is -1.63. The molecule has 6 heteroatoms. The number of benzene rings is 1. The largest absolute Gasteiger partial charge is 0.347 e. The average molecular weight is 375 g/mol. The van der Waals surface area contributed by atoms with Crippen molar-refractivity contribution in [3.8, 4) is 0 Å². The topological polar surface area (TPSA) is 42.0 Å². The Kier molecular flexibility index (Phi) is 5.71. The van der Waals surface area contributed by atoms with Crippen molar-refractivity contribution in [2.24, 2.45) is 0 Å². The third-order valence-corrected chi connectivity index (χ3v) is 6.79. The van der Waals surface area contributed by atoms with E-state index in [1.54, 1.807) is 34.4 Å². The van der Waals surface area contributed by atoms with Gasteiger partial charge in [-0.3, -0.25) is 4.79 Å². The second-order valence-electron chi connectivity index (χ2n) is 5.45. The van der Waals surface area contributed by atoms with Gasteiger partial charge in [0.1, 0.15) is 4.34 Å². The molecule has 0 spiro atoms. The first kappa shape index (κ1) is 17.2. The molecule has 1 amide bonds. The molecule has 2 aromatic heterocycles. The molecule has 0 aliphatic carbocycles. The maximum absolute atomic E-state index is 12.2.